The van der Waals surface area contributed by atoms with E-state index in [1.807, 2.05) is 6.92 Å². The molecule has 24 heavy (non-hydrogen) atoms. The number of carbonyl (C=O) groups is 1. The van der Waals surface area contributed by atoms with Crippen molar-refractivity contribution in [2.24, 2.45) is 0 Å². The lowest BCUT2D eigenvalue weighted by atomic mass is 10.2. The molecule has 0 bridgehead atoms. The number of hydrogen-bond acceptors (Lipinski definition) is 3. The monoisotopic (exact) mass is 350 g/mol. The Kier molecular flexibility index (Phi) is 5.23. The summed E-state index contributed by atoms with van der Waals surface area (Å²) >= 11 is 0. The molecular formula is C17H19FN2O3S. The summed E-state index contributed by atoms with van der Waals surface area (Å²) in [5, 5.41) is 0. The Bertz CT molecular complexity index is 816. The van der Waals surface area contributed by atoms with E-state index in [1.54, 1.807) is 26.2 Å². The molecule has 0 fully saturated rings. The zero-order chi connectivity index (χ0) is 17.9. The Hall–Kier alpha value is -2.41. The van der Waals surface area contributed by atoms with Crippen molar-refractivity contribution in [2.45, 2.75) is 11.8 Å². The van der Waals surface area contributed by atoms with Crippen LogP contribution in [0.4, 0.5) is 10.1 Å². The minimum atomic E-state index is -3.95. The number of aryl methyl sites for hydroxylation is 1. The first-order valence-corrected chi connectivity index (χ1v) is 8.71. The fraction of sp³-hybridized carbons (Fsp3) is 0.235. The molecule has 0 aromatic heterocycles. The molecule has 2 rings (SSSR count). The predicted molar refractivity (Wildman–Crippen MR) is 90.8 cm³/mol. The molecule has 0 unspecified atom stereocenters. The van der Waals surface area contributed by atoms with Crippen LogP contribution in [-0.4, -0.2) is 39.9 Å². The van der Waals surface area contributed by atoms with E-state index in [-0.39, 0.29) is 23.0 Å². The van der Waals surface area contributed by atoms with Gasteiger partial charge in [-0.2, -0.15) is 0 Å². The largest absolute Gasteiger partial charge is 0.347 e. The van der Waals surface area contributed by atoms with E-state index in [0.717, 1.165) is 22.0 Å². The highest BCUT2D eigenvalue weighted by Crippen LogP contribution is 2.24. The minimum Gasteiger partial charge on any atom is -0.347 e. The van der Waals surface area contributed by atoms with Gasteiger partial charge in [-0.3, -0.25) is 9.10 Å². The van der Waals surface area contributed by atoms with E-state index in [0.29, 0.717) is 0 Å². The van der Waals surface area contributed by atoms with Crippen LogP contribution in [0.1, 0.15) is 5.56 Å². The lowest BCUT2D eigenvalue weighted by molar-refractivity contribution is -0.127. The van der Waals surface area contributed by atoms with Gasteiger partial charge in [0.05, 0.1) is 10.6 Å². The molecule has 0 N–H and O–H groups in total. The molecule has 1 amide bonds. The van der Waals surface area contributed by atoms with Gasteiger partial charge in [0.2, 0.25) is 5.91 Å². The number of carbonyl (C=O) groups excluding carboxylic acids is 1. The molecule has 0 aliphatic rings. The van der Waals surface area contributed by atoms with Crippen molar-refractivity contribution in [3.05, 3.63) is 59.9 Å². The Morgan fingerprint density at radius 1 is 1.00 bits per heavy atom. The lowest BCUT2D eigenvalue weighted by Crippen LogP contribution is -2.40. The van der Waals surface area contributed by atoms with E-state index < -0.39 is 15.8 Å². The van der Waals surface area contributed by atoms with Gasteiger partial charge in [-0.25, -0.2) is 12.8 Å². The number of anilines is 1. The maximum Gasteiger partial charge on any atom is 0.264 e. The molecule has 2 aromatic carbocycles. The van der Waals surface area contributed by atoms with Crippen LogP contribution in [0.5, 0.6) is 0 Å². The van der Waals surface area contributed by atoms with Gasteiger partial charge in [-0.1, -0.05) is 17.7 Å². The maximum absolute atomic E-state index is 13.2. The van der Waals surface area contributed by atoms with Gasteiger partial charge in [-0.05, 0) is 43.3 Å². The van der Waals surface area contributed by atoms with Gasteiger partial charge < -0.3 is 4.90 Å². The summed E-state index contributed by atoms with van der Waals surface area (Å²) in [6.07, 6.45) is 0. The van der Waals surface area contributed by atoms with Crippen LogP contribution in [0.15, 0.2) is 53.4 Å². The second kappa shape index (κ2) is 7.00. The molecule has 0 heterocycles. The molecular weight excluding hydrogens is 331 g/mol. The highest BCUT2D eigenvalue weighted by Gasteiger charge is 2.27. The molecule has 0 aliphatic carbocycles. The SMILES string of the molecule is Cc1ccc(S(=O)(=O)N(CC(=O)N(C)C)c2ccc(F)cc2)cc1. The van der Waals surface area contributed by atoms with Crippen molar-refractivity contribution in [1.82, 2.24) is 4.90 Å². The maximum atomic E-state index is 13.2. The van der Waals surface area contributed by atoms with Crippen LogP contribution < -0.4 is 4.31 Å². The topological polar surface area (TPSA) is 57.7 Å². The van der Waals surface area contributed by atoms with E-state index >= 15 is 0 Å². The summed E-state index contributed by atoms with van der Waals surface area (Å²) in [6.45, 7) is 1.48. The van der Waals surface area contributed by atoms with Crippen molar-refractivity contribution in [3.63, 3.8) is 0 Å². The van der Waals surface area contributed by atoms with Crippen LogP contribution in [0.25, 0.3) is 0 Å². The fourth-order valence-electron chi connectivity index (χ4n) is 2.02. The third-order valence-corrected chi connectivity index (χ3v) is 5.29. The molecule has 0 aliphatic heterocycles. The van der Waals surface area contributed by atoms with Crippen LogP contribution in [0, 0.1) is 12.7 Å². The second-order valence-electron chi connectivity index (χ2n) is 5.59. The zero-order valence-corrected chi connectivity index (χ0v) is 14.5. The first-order chi connectivity index (χ1) is 11.2. The van der Waals surface area contributed by atoms with Crippen molar-refractivity contribution >= 4 is 21.6 Å². The lowest BCUT2D eigenvalue weighted by Gasteiger charge is -2.25. The van der Waals surface area contributed by atoms with Gasteiger partial charge in [0.25, 0.3) is 10.0 Å². The summed E-state index contributed by atoms with van der Waals surface area (Å²) in [4.78, 5) is 13.5. The van der Waals surface area contributed by atoms with E-state index in [2.05, 4.69) is 0 Å². The van der Waals surface area contributed by atoms with Gasteiger partial charge in [0.1, 0.15) is 12.4 Å². The average Bonchev–Trinajstić information content (AvgIpc) is 2.53. The second-order valence-corrected chi connectivity index (χ2v) is 7.45. The van der Waals surface area contributed by atoms with Gasteiger partial charge in [0, 0.05) is 14.1 Å². The highest BCUT2D eigenvalue weighted by atomic mass is 32.2. The van der Waals surface area contributed by atoms with Crippen LogP contribution in [0.2, 0.25) is 0 Å². The quantitative estimate of drug-likeness (QED) is 0.832. The first-order valence-electron chi connectivity index (χ1n) is 7.27. The van der Waals surface area contributed by atoms with E-state index in [1.165, 1.54) is 29.2 Å². The highest BCUT2D eigenvalue weighted by molar-refractivity contribution is 7.92. The third kappa shape index (κ3) is 3.91. The van der Waals surface area contributed by atoms with Gasteiger partial charge in [-0.15, -0.1) is 0 Å². The Labute approximate surface area is 141 Å². The number of amides is 1. The Morgan fingerprint density at radius 3 is 2.04 bits per heavy atom. The smallest absolute Gasteiger partial charge is 0.264 e. The number of benzene rings is 2. The molecule has 7 heteroatoms. The van der Waals surface area contributed by atoms with Crippen LogP contribution >= 0.6 is 0 Å². The average molecular weight is 350 g/mol. The zero-order valence-electron chi connectivity index (χ0n) is 13.7. The minimum absolute atomic E-state index is 0.0731. The number of likely N-dealkylation sites (N-methyl/N-ethyl adjacent to an activating group) is 1. The van der Waals surface area contributed by atoms with E-state index in [4.69, 9.17) is 0 Å². The molecule has 0 atom stereocenters. The van der Waals surface area contributed by atoms with Crippen LogP contribution in [-0.2, 0) is 14.8 Å². The Balaban J connectivity index is 2.49. The Morgan fingerprint density at radius 2 is 1.54 bits per heavy atom. The molecule has 5 nitrogen and oxygen atoms in total. The summed E-state index contributed by atoms with van der Waals surface area (Å²) in [5.41, 5.74) is 1.15. The summed E-state index contributed by atoms with van der Waals surface area (Å²) in [5.74, 6) is -0.861. The van der Waals surface area contributed by atoms with E-state index in [9.17, 15) is 17.6 Å². The molecule has 0 radical (unpaired) electrons. The number of sulfonamides is 1. The number of nitrogens with zero attached hydrogens (tertiary/aromatic N) is 2. The van der Waals surface area contributed by atoms with Crippen molar-refractivity contribution < 1.29 is 17.6 Å². The summed E-state index contributed by atoms with van der Waals surface area (Å²) < 4.78 is 40.0. The van der Waals surface area contributed by atoms with Crippen molar-refractivity contribution in [1.29, 1.82) is 0 Å². The third-order valence-electron chi connectivity index (χ3n) is 3.50. The number of halogens is 1. The standard InChI is InChI=1S/C17H19FN2O3S/c1-13-4-10-16(11-5-13)24(22,23)20(12-17(21)19(2)3)15-8-6-14(18)7-9-15/h4-11H,12H2,1-3H3. The number of hydrogen-bond donors (Lipinski definition) is 0. The molecule has 128 valence electrons. The van der Waals surface area contributed by atoms with Gasteiger partial charge >= 0.3 is 0 Å². The number of rotatable bonds is 5. The summed E-state index contributed by atoms with van der Waals surface area (Å²) in [7, 11) is -0.858. The molecule has 0 saturated heterocycles. The normalized spacial score (nSPS) is 11.2. The first kappa shape index (κ1) is 17.9. The predicted octanol–water partition coefficient (Wildman–Crippen LogP) is 2.42. The van der Waals surface area contributed by atoms with Gasteiger partial charge in [0.15, 0.2) is 0 Å². The van der Waals surface area contributed by atoms with Crippen molar-refractivity contribution in [2.75, 3.05) is 24.9 Å². The summed E-state index contributed by atoms with van der Waals surface area (Å²) in [6, 6.07) is 11.3. The molecule has 0 spiro atoms. The molecule has 2 aromatic rings. The van der Waals surface area contributed by atoms with Crippen LogP contribution in [0.3, 0.4) is 0 Å². The fourth-order valence-corrected chi connectivity index (χ4v) is 3.44. The van der Waals surface area contributed by atoms with Crippen molar-refractivity contribution in [3.8, 4) is 0 Å². The molecule has 0 saturated carbocycles.